The van der Waals surface area contributed by atoms with E-state index in [9.17, 15) is 4.79 Å². The molecule has 0 aliphatic heterocycles. The summed E-state index contributed by atoms with van der Waals surface area (Å²) in [5, 5.41) is 10.5. The quantitative estimate of drug-likeness (QED) is 0.804. The van der Waals surface area contributed by atoms with E-state index >= 15 is 0 Å². The monoisotopic (exact) mass is 357 g/mol. The highest BCUT2D eigenvalue weighted by molar-refractivity contribution is 6.42. The van der Waals surface area contributed by atoms with Crippen LogP contribution in [0.2, 0.25) is 15.1 Å². The third-order valence-corrected chi connectivity index (χ3v) is 4.37. The molecule has 3 N–H and O–H groups in total. The summed E-state index contributed by atoms with van der Waals surface area (Å²) in [4.78, 5) is 11.0. The maximum Gasteiger partial charge on any atom is 0.304 e. The highest BCUT2D eigenvalue weighted by Crippen LogP contribution is 2.35. The molecular weight excluding hydrogens is 345 g/mol. The van der Waals surface area contributed by atoms with E-state index in [0.29, 0.717) is 15.1 Å². The molecule has 2 aromatic carbocycles. The Morgan fingerprint density at radius 2 is 1.82 bits per heavy atom. The fourth-order valence-electron chi connectivity index (χ4n) is 2.33. The van der Waals surface area contributed by atoms with Gasteiger partial charge in [0.2, 0.25) is 0 Å². The molecule has 0 aromatic heterocycles. The first kappa shape index (κ1) is 17.1. The lowest BCUT2D eigenvalue weighted by molar-refractivity contribution is -0.137. The Labute approximate surface area is 143 Å². The molecule has 0 saturated carbocycles. The first-order valence-corrected chi connectivity index (χ1v) is 7.72. The fourth-order valence-corrected chi connectivity index (χ4v) is 2.80. The summed E-state index contributed by atoms with van der Waals surface area (Å²) in [5.74, 6) is -1.20. The van der Waals surface area contributed by atoms with Gasteiger partial charge >= 0.3 is 5.97 Å². The molecule has 0 radical (unpaired) electrons. The van der Waals surface area contributed by atoms with E-state index in [2.05, 4.69) is 0 Å². The molecule has 0 amide bonds. The number of hydrogen-bond donors (Lipinski definition) is 2. The number of benzene rings is 2. The number of rotatable bonds is 5. The van der Waals surface area contributed by atoms with Gasteiger partial charge in [0.25, 0.3) is 0 Å². The van der Waals surface area contributed by atoms with Gasteiger partial charge < -0.3 is 10.8 Å². The first-order valence-electron chi connectivity index (χ1n) is 6.59. The van der Waals surface area contributed by atoms with Crippen molar-refractivity contribution in [3.63, 3.8) is 0 Å². The number of carbonyl (C=O) groups is 1. The number of nitrogens with two attached hydrogens (primary N) is 1. The summed E-state index contributed by atoms with van der Waals surface area (Å²) in [7, 11) is 0. The molecule has 0 saturated heterocycles. The van der Waals surface area contributed by atoms with Gasteiger partial charge in [-0.25, -0.2) is 0 Å². The van der Waals surface area contributed by atoms with Gasteiger partial charge in [0.05, 0.1) is 16.5 Å². The van der Waals surface area contributed by atoms with Gasteiger partial charge in [-0.1, -0.05) is 46.9 Å². The SMILES string of the molecule is NC[C@H](CC(=O)O)c1ccc(Cl)cc1-c1ccc(Cl)c(Cl)c1. The normalized spacial score (nSPS) is 12.2. The number of carboxylic acid groups (broad SMARTS) is 1. The minimum absolute atomic E-state index is 0.0492. The van der Waals surface area contributed by atoms with Crippen LogP contribution in [0.15, 0.2) is 36.4 Å². The summed E-state index contributed by atoms with van der Waals surface area (Å²) in [6, 6.07) is 10.5. The van der Waals surface area contributed by atoms with Crippen LogP contribution < -0.4 is 5.73 Å². The summed E-state index contributed by atoms with van der Waals surface area (Å²) >= 11 is 18.1. The lowest BCUT2D eigenvalue weighted by Crippen LogP contribution is -2.17. The number of halogens is 3. The van der Waals surface area contributed by atoms with E-state index < -0.39 is 5.97 Å². The van der Waals surface area contributed by atoms with E-state index in [0.717, 1.165) is 16.7 Å². The van der Waals surface area contributed by atoms with Crippen molar-refractivity contribution < 1.29 is 9.90 Å². The van der Waals surface area contributed by atoms with Crippen molar-refractivity contribution in [3.8, 4) is 11.1 Å². The van der Waals surface area contributed by atoms with Gasteiger partial charge in [0, 0.05) is 10.9 Å². The minimum Gasteiger partial charge on any atom is -0.481 e. The Balaban J connectivity index is 2.56. The van der Waals surface area contributed by atoms with Crippen LogP contribution in [0.3, 0.4) is 0 Å². The van der Waals surface area contributed by atoms with Crippen molar-refractivity contribution >= 4 is 40.8 Å². The average molecular weight is 359 g/mol. The molecule has 0 spiro atoms. The standard InChI is InChI=1S/C16H14Cl3NO2/c17-11-2-3-12(10(8-20)6-16(21)22)13(7-11)9-1-4-14(18)15(19)5-9/h1-5,7,10H,6,8,20H2,(H,21,22)/t10-/m0/s1. The molecule has 2 aromatic rings. The van der Waals surface area contributed by atoms with Crippen molar-refractivity contribution in [2.24, 2.45) is 5.73 Å². The zero-order valence-electron chi connectivity index (χ0n) is 11.5. The smallest absolute Gasteiger partial charge is 0.304 e. The lowest BCUT2D eigenvalue weighted by Gasteiger charge is -2.18. The van der Waals surface area contributed by atoms with Crippen molar-refractivity contribution in [1.82, 2.24) is 0 Å². The predicted octanol–water partition coefficient (Wildman–Crippen LogP) is 4.83. The Hall–Kier alpha value is -1.26. The zero-order valence-corrected chi connectivity index (χ0v) is 13.8. The second-order valence-electron chi connectivity index (χ2n) is 4.89. The summed E-state index contributed by atoms with van der Waals surface area (Å²) in [6.07, 6.45) is -0.0492. The third kappa shape index (κ3) is 3.93. The van der Waals surface area contributed by atoms with Crippen LogP contribution in [0.1, 0.15) is 17.9 Å². The number of hydrogen-bond acceptors (Lipinski definition) is 2. The van der Waals surface area contributed by atoms with E-state index in [1.807, 2.05) is 6.07 Å². The molecule has 0 aliphatic rings. The van der Waals surface area contributed by atoms with Crippen molar-refractivity contribution in [3.05, 3.63) is 57.0 Å². The summed E-state index contributed by atoms with van der Waals surface area (Å²) in [6.45, 7) is 0.224. The van der Waals surface area contributed by atoms with Crippen LogP contribution in [0.4, 0.5) is 0 Å². The van der Waals surface area contributed by atoms with Crippen LogP contribution in [0.25, 0.3) is 11.1 Å². The second kappa shape index (κ2) is 7.34. The third-order valence-electron chi connectivity index (χ3n) is 3.39. The van der Waals surface area contributed by atoms with Gasteiger partial charge in [-0.3, -0.25) is 4.79 Å². The molecule has 1 atom stereocenters. The Bertz CT molecular complexity index is 704. The Morgan fingerprint density at radius 3 is 2.41 bits per heavy atom. The van der Waals surface area contributed by atoms with Gasteiger partial charge in [-0.2, -0.15) is 0 Å². The summed E-state index contributed by atoms with van der Waals surface area (Å²) in [5.41, 5.74) is 8.20. The molecule has 0 aliphatic carbocycles. The highest BCUT2D eigenvalue weighted by atomic mass is 35.5. The molecule has 0 bridgehead atoms. The van der Waals surface area contributed by atoms with Gasteiger partial charge in [0.15, 0.2) is 0 Å². The maximum absolute atomic E-state index is 11.0. The van der Waals surface area contributed by atoms with E-state index in [1.165, 1.54) is 0 Å². The first-order chi connectivity index (χ1) is 10.4. The molecule has 22 heavy (non-hydrogen) atoms. The van der Waals surface area contributed by atoms with Gasteiger partial charge in [-0.05, 0) is 47.5 Å². The average Bonchev–Trinajstić information content (AvgIpc) is 2.47. The minimum atomic E-state index is -0.898. The largest absolute Gasteiger partial charge is 0.481 e. The van der Waals surface area contributed by atoms with Crippen molar-refractivity contribution in [1.29, 1.82) is 0 Å². The van der Waals surface area contributed by atoms with Crippen molar-refractivity contribution in [2.75, 3.05) is 6.54 Å². The van der Waals surface area contributed by atoms with Crippen molar-refractivity contribution in [2.45, 2.75) is 12.3 Å². The van der Waals surface area contributed by atoms with Crippen LogP contribution >= 0.6 is 34.8 Å². The van der Waals surface area contributed by atoms with Crippen LogP contribution in [0, 0.1) is 0 Å². The molecule has 0 fully saturated rings. The van der Waals surface area contributed by atoms with Crippen LogP contribution in [-0.4, -0.2) is 17.6 Å². The molecule has 0 heterocycles. The zero-order chi connectivity index (χ0) is 16.3. The molecule has 3 nitrogen and oxygen atoms in total. The van der Waals surface area contributed by atoms with E-state index in [-0.39, 0.29) is 18.9 Å². The number of aliphatic carboxylic acids is 1. The number of carboxylic acids is 1. The van der Waals surface area contributed by atoms with E-state index in [1.54, 1.807) is 30.3 Å². The highest BCUT2D eigenvalue weighted by Gasteiger charge is 2.19. The Kier molecular flexibility index (Phi) is 5.70. The van der Waals surface area contributed by atoms with E-state index in [4.69, 9.17) is 45.6 Å². The molecule has 116 valence electrons. The second-order valence-corrected chi connectivity index (χ2v) is 6.14. The summed E-state index contributed by atoms with van der Waals surface area (Å²) < 4.78 is 0. The molecule has 0 unspecified atom stereocenters. The van der Waals surface area contributed by atoms with Crippen LogP contribution in [-0.2, 0) is 4.79 Å². The lowest BCUT2D eigenvalue weighted by atomic mass is 9.88. The molecular formula is C16H14Cl3NO2. The topological polar surface area (TPSA) is 63.3 Å². The molecule has 6 heteroatoms. The van der Waals surface area contributed by atoms with Gasteiger partial charge in [-0.15, -0.1) is 0 Å². The Morgan fingerprint density at radius 1 is 1.09 bits per heavy atom. The maximum atomic E-state index is 11.0. The fraction of sp³-hybridized carbons (Fsp3) is 0.188. The van der Waals surface area contributed by atoms with Gasteiger partial charge in [0.1, 0.15) is 0 Å². The molecule has 2 rings (SSSR count). The van der Waals surface area contributed by atoms with Crippen LogP contribution in [0.5, 0.6) is 0 Å². The predicted molar refractivity (Wildman–Crippen MR) is 91.0 cm³/mol.